The van der Waals surface area contributed by atoms with E-state index in [4.69, 9.17) is 10.5 Å². The van der Waals surface area contributed by atoms with Crippen LogP contribution in [0.15, 0.2) is 18.3 Å². The summed E-state index contributed by atoms with van der Waals surface area (Å²) >= 11 is 0. The lowest BCUT2D eigenvalue weighted by Gasteiger charge is -2.28. The Labute approximate surface area is 131 Å². The van der Waals surface area contributed by atoms with Gasteiger partial charge in [-0.3, -0.25) is 4.79 Å². The number of hydrogen-bond acceptors (Lipinski definition) is 5. The first-order chi connectivity index (χ1) is 9.58. The van der Waals surface area contributed by atoms with Gasteiger partial charge in [0.1, 0.15) is 5.82 Å². The molecule has 1 aliphatic rings. The minimum atomic E-state index is -0.518. The lowest BCUT2D eigenvalue weighted by Crippen LogP contribution is -2.40. The second kappa shape index (κ2) is 8.17. The van der Waals surface area contributed by atoms with Crippen LogP contribution in [0.3, 0.4) is 0 Å². The lowest BCUT2D eigenvalue weighted by atomic mass is 10.1. The Bertz CT molecular complexity index is 447. The smallest absolute Gasteiger partial charge is 0.242 e. The third-order valence-electron chi connectivity index (χ3n) is 3.40. The van der Waals surface area contributed by atoms with Crippen LogP contribution in [0.25, 0.3) is 0 Å². The molecule has 0 spiro atoms. The SMILES string of the molecule is CC(C)[C@H](N)C(=O)Nc1ccc(N2CCOCC2)cn1.Cl. The van der Waals surface area contributed by atoms with E-state index in [0.717, 1.165) is 32.0 Å². The minimum Gasteiger partial charge on any atom is -0.378 e. The highest BCUT2D eigenvalue weighted by Crippen LogP contribution is 2.16. The van der Waals surface area contributed by atoms with Crippen molar-refractivity contribution in [3.63, 3.8) is 0 Å². The molecule has 1 saturated heterocycles. The van der Waals surface area contributed by atoms with Crippen LogP contribution >= 0.6 is 12.4 Å². The minimum absolute atomic E-state index is 0. The maximum absolute atomic E-state index is 11.8. The first kappa shape index (κ1) is 17.7. The highest BCUT2D eigenvalue weighted by Gasteiger charge is 2.18. The normalized spacial score (nSPS) is 16.3. The van der Waals surface area contributed by atoms with E-state index < -0.39 is 6.04 Å². The number of carbonyl (C=O) groups is 1. The Balaban J connectivity index is 0.00000220. The molecule has 0 bridgehead atoms. The lowest BCUT2D eigenvalue weighted by molar-refractivity contribution is -0.118. The van der Waals surface area contributed by atoms with Gasteiger partial charge in [0, 0.05) is 13.1 Å². The molecule has 21 heavy (non-hydrogen) atoms. The monoisotopic (exact) mass is 314 g/mol. The molecule has 2 heterocycles. The zero-order valence-corrected chi connectivity index (χ0v) is 13.2. The van der Waals surface area contributed by atoms with Crippen LogP contribution in [0.4, 0.5) is 11.5 Å². The summed E-state index contributed by atoms with van der Waals surface area (Å²) in [6.45, 7) is 7.04. The number of hydrogen-bond donors (Lipinski definition) is 2. The van der Waals surface area contributed by atoms with E-state index in [1.54, 1.807) is 12.3 Å². The molecule has 2 rings (SSSR count). The van der Waals surface area contributed by atoms with Gasteiger partial charge in [-0.2, -0.15) is 0 Å². The van der Waals surface area contributed by atoms with Crippen molar-refractivity contribution >= 4 is 29.8 Å². The third kappa shape index (κ3) is 4.84. The first-order valence-corrected chi connectivity index (χ1v) is 6.93. The number of anilines is 2. The summed E-state index contributed by atoms with van der Waals surface area (Å²) in [4.78, 5) is 18.3. The van der Waals surface area contributed by atoms with Crippen molar-refractivity contribution in [3.8, 4) is 0 Å². The molecule has 1 aromatic heterocycles. The summed E-state index contributed by atoms with van der Waals surface area (Å²) < 4.78 is 5.31. The Morgan fingerprint density at radius 2 is 2.05 bits per heavy atom. The fourth-order valence-electron chi connectivity index (χ4n) is 1.98. The quantitative estimate of drug-likeness (QED) is 0.874. The number of aromatic nitrogens is 1. The average Bonchev–Trinajstić information content (AvgIpc) is 2.48. The Morgan fingerprint density at radius 1 is 1.38 bits per heavy atom. The zero-order valence-electron chi connectivity index (χ0n) is 12.4. The molecule has 0 aliphatic carbocycles. The molecule has 1 aromatic rings. The van der Waals surface area contributed by atoms with Crippen LogP contribution in [0.2, 0.25) is 0 Å². The molecule has 7 heteroatoms. The topological polar surface area (TPSA) is 80.5 Å². The molecular formula is C14H23ClN4O2. The fraction of sp³-hybridized carbons (Fsp3) is 0.571. The number of morpholine rings is 1. The van der Waals surface area contributed by atoms with E-state index in [-0.39, 0.29) is 24.2 Å². The standard InChI is InChI=1S/C14H22N4O2.ClH/c1-10(2)13(15)14(19)17-12-4-3-11(9-16-12)18-5-7-20-8-6-18;/h3-4,9-10,13H,5-8,15H2,1-2H3,(H,16,17,19);1H/t13-;/m0./s1. The molecule has 118 valence electrons. The third-order valence-corrected chi connectivity index (χ3v) is 3.40. The van der Waals surface area contributed by atoms with E-state index in [2.05, 4.69) is 15.2 Å². The van der Waals surface area contributed by atoms with Gasteiger partial charge in [0.15, 0.2) is 0 Å². The number of nitrogens with two attached hydrogens (primary N) is 1. The van der Waals surface area contributed by atoms with Crippen LogP contribution in [0.1, 0.15) is 13.8 Å². The van der Waals surface area contributed by atoms with Crippen molar-refractivity contribution in [2.75, 3.05) is 36.5 Å². The Kier molecular flexibility index (Phi) is 6.87. The maximum Gasteiger partial charge on any atom is 0.242 e. The van der Waals surface area contributed by atoms with E-state index in [0.29, 0.717) is 5.82 Å². The fourth-order valence-corrected chi connectivity index (χ4v) is 1.98. The summed E-state index contributed by atoms with van der Waals surface area (Å²) in [5.41, 5.74) is 6.83. The van der Waals surface area contributed by atoms with E-state index in [1.807, 2.05) is 19.9 Å². The van der Waals surface area contributed by atoms with E-state index in [9.17, 15) is 4.79 Å². The Hall–Kier alpha value is -1.37. The molecule has 0 saturated carbocycles. The van der Waals surface area contributed by atoms with Gasteiger partial charge >= 0.3 is 0 Å². The van der Waals surface area contributed by atoms with E-state index in [1.165, 1.54) is 0 Å². The van der Waals surface area contributed by atoms with Crippen LogP contribution in [-0.4, -0.2) is 43.2 Å². The molecule has 1 amide bonds. The molecule has 0 aromatic carbocycles. The van der Waals surface area contributed by atoms with Gasteiger partial charge in [-0.15, -0.1) is 12.4 Å². The van der Waals surface area contributed by atoms with Crippen LogP contribution in [0, 0.1) is 5.92 Å². The predicted octanol–water partition coefficient (Wildman–Crippen LogP) is 1.26. The van der Waals surface area contributed by atoms with Crippen molar-refractivity contribution in [2.24, 2.45) is 11.7 Å². The van der Waals surface area contributed by atoms with E-state index >= 15 is 0 Å². The second-order valence-electron chi connectivity index (χ2n) is 5.26. The highest BCUT2D eigenvalue weighted by molar-refractivity contribution is 5.94. The summed E-state index contributed by atoms with van der Waals surface area (Å²) in [7, 11) is 0. The Morgan fingerprint density at radius 3 is 2.57 bits per heavy atom. The van der Waals surface area contributed by atoms with Gasteiger partial charge in [0.2, 0.25) is 5.91 Å². The summed E-state index contributed by atoms with van der Waals surface area (Å²) in [5, 5.41) is 2.73. The number of nitrogens with one attached hydrogen (secondary N) is 1. The molecule has 1 aliphatic heterocycles. The molecule has 3 N–H and O–H groups in total. The number of halogens is 1. The number of ether oxygens (including phenoxy) is 1. The summed E-state index contributed by atoms with van der Waals surface area (Å²) in [6, 6.07) is 3.24. The van der Waals surface area contributed by atoms with Gasteiger partial charge in [-0.05, 0) is 18.1 Å². The van der Waals surface area contributed by atoms with Crippen LogP contribution in [-0.2, 0) is 9.53 Å². The van der Waals surface area contributed by atoms with Crippen molar-refractivity contribution in [3.05, 3.63) is 18.3 Å². The van der Waals surface area contributed by atoms with Crippen molar-refractivity contribution in [1.29, 1.82) is 0 Å². The van der Waals surface area contributed by atoms with Gasteiger partial charge in [0.25, 0.3) is 0 Å². The zero-order chi connectivity index (χ0) is 14.5. The molecule has 0 radical (unpaired) electrons. The number of pyridine rings is 1. The molecular weight excluding hydrogens is 292 g/mol. The van der Waals surface area contributed by atoms with Gasteiger partial charge in [-0.25, -0.2) is 4.98 Å². The average molecular weight is 315 g/mol. The van der Waals surface area contributed by atoms with Crippen LogP contribution < -0.4 is 16.0 Å². The molecule has 6 nitrogen and oxygen atoms in total. The molecule has 1 atom stereocenters. The number of rotatable bonds is 4. The number of carbonyl (C=O) groups excluding carboxylic acids is 1. The molecule has 0 unspecified atom stereocenters. The number of nitrogens with zero attached hydrogens (tertiary/aromatic N) is 2. The van der Waals surface area contributed by atoms with Crippen molar-refractivity contribution in [2.45, 2.75) is 19.9 Å². The maximum atomic E-state index is 11.8. The first-order valence-electron chi connectivity index (χ1n) is 6.93. The predicted molar refractivity (Wildman–Crippen MR) is 86.0 cm³/mol. The summed E-state index contributed by atoms with van der Waals surface area (Å²) in [6.07, 6.45) is 1.77. The van der Waals surface area contributed by atoms with Crippen molar-refractivity contribution < 1.29 is 9.53 Å². The van der Waals surface area contributed by atoms with Gasteiger partial charge in [-0.1, -0.05) is 13.8 Å². The largest absolute Gasteiger partial charge is 0.378 e. The van der Waals surface area contributed by atoms with Crippen molar-refractivity contribution in [1.82, 2.24) is 4.98 Å². The van der Waals surface area contributed by atoms with Gasteiger partial charge < -0.3 is 20.7 Å². The van der Waals surface area contributed by atoms with Gasteiger partial charge in [0.05, 0.1) is 31.1 Å². The highest BCUT2D eigenvalue weighted by atomic mass is 35.5. The van der Waals surface area contributed by atoms with Crippen LogP contribution in [0.5, 0.6) is 0 Å². The number of amides is 1. The molecule has 1 fully saturated rings. The summed E-state index contributed by atoms with van der Waals surface area (Å²) in [5.74, 6) is 0.428. The second-order valence-corrected chi connectivity index (χ2v) is 5.26.